The van der Waals surface area contributed by atoms with Gasteiger partial charge < -0.3 is 10.1 Å². The van der Waals surface area contributed by atoms with E-state index in [1.54, 1.807) is 0 Å². The van der Waals surface area contributed by atoms with Gasteiger partial charge in [-0.05, 0) is 44.2 Å². The first-order valence-corrected chi connectivity index (χ1v) is 8.33. The van der Waals surface area contributed by atoms with Gasteiger partial charge >= 0.3 is 0 Å². The lowest BCUT2D eigenvalue weighted by Crippen LogP contribution is -2.46. The SMILES string of the molecule is CC1(CNS(=O)(=O)C2CCCOC2)CCNCC1.Cl. The van der Waals surface area contributed by atoms with Crippen molar-refractivity contribution in [1.29, 1.82) is 0 Å². The van der Waals surface area contributed by atoms with E-state index in [2.05, 4.69) is 17.0 Å². The van der Waals surface area contributed by atoms with Gasteiger partial charge in [0.25, 0.3) is 0 Å². The number of halogens is 1. The van der Waals surface area contributed by atoms with Crippen molar-refractivity contribution < 1.29 is 13.2 Å². The summed E-state index contributed by atoms with van der Waals surface area (Å²) < 4.78 is 32.4. The molecule has 2 fully saturated rings. The van der Waals surface area contributed by atoms with Gasteiger partial charge in [0.15, 0.2) is 0 Å². The molecule has 114 valence electrons. The second-order valence-electron chi connectivity index (χ2n) is 5.77. The molecule has 2 saturated heterocycles. The van der Waals surface area contributed by atoms with Crippen LogP contribution in [0.5, 0.6) is 0 Å². The number of hydrogen-bond acceptors (Lipinski definition) is 4. The third kappa shape index (κ3) is 4.86. The molecule has 7 heteroatoms. The first-order chi connectivity index (χ1) is 8.52. The molecule has 2 aliphatic heterocycles. The van der Waals surface area contributed by atoms with E-state index in [0.717, 1.165) is 32.4 Å². The Morgan fingerprint density at radius 1 is 1.37 bits per heavy atom. The molecule has 0 aliphatic carbocycles. The summed E-state index contributed by atoms with van der Waals surface area (Å²) in [5.74, 6) is 0. The van der Waals surface area contributed by atoms with Crippen LogP contribution >= 0.6 is 12.4 Å². The van der Waals surface area contributed by atoms with Gasteiger partial charge in [0, 0.05) is 13.2 Å². The Hall–Kier alpha value is 0.120. The summed E-state index contributed by atoms with van der Waals surface area (Å²) in [5, 5.41) is 2.94. The van der Waals surface area contributed by atoms with Gasteiger partial charge in [0.1, 0.15) is 0 Å². The third-order valence-electron chi connectivity index (χ3n) is 4.07. The van der Waals surface area contributed by atoms with Crippen molar-refractivity contribution in [3.8, 4) is 0 Å². The lowest BCUT2D eigenvalue weighted by atomic mass is 9.81. The first-order valence-electron chi connectivity index (χ1n) is 6.79. The summed E-state index contributed by atoms with van der Waals surface area (Å²) >= 11 is 0. The average Bonchev–Trinajstić information content (AvgIpc) is 2.39. The molecule has 5 nitrogen and oxygen atoms in total. The van der Waals surface area contributed by atoms with Gasteiger partial charge in [-0.25, -0.2) is 13.1 Å². The zero-order chi connectivity index (χ0) is 13.1. The molecule has 0 aromatic heterocycles. The van der Waals surface area contributed by atoms with Gasteiger partial charge in [0.05, 0.1) is 11.9 Å². The smallest absolute Gasteiger partial charge is 0.216 e. The Morgan fingerprint density at radius 3 is 2.63 bits per heavy atom. The predicted molar refractivity (Wildman–Crippen MR) is 78.2 cm³/mol. The van der Waals surface area contributed by atoms with E-state index in [1.165, 1.54) is 0 Å². The second kappa shape index (κ2) is 7.22. The van der Waals surface area contributed by atoms with E-state index in [1.807, 2.05) is 0 Å². The van der Waals surface area contributed by atoms with Crippen LogP contribution in [-0.2, 0) is 14.8 Å². The van der Waals surface area contributed by atoms with E-state index in [-0.39, 0.29) is 23.1 Å². The summed E-state index contributed by atoms with van der Waals surface area (Å²) in [7, 11) is -3.22. The molecule has 0 bridgehead atoms. The fourth-order valence-electron chi connectivity index (χ4n) is 2.56. The fraction of sp³-hybridized carbons (Fsp3) is 1.00. The maximum absolute atomic E-state index is 12.2. The van der Waals surface area contributed by atoms with Crippen LogP contribution in [0.15, 0.2) is 0 Å². The fourth-order valence-corrected chi connectivity index (χ4v) is 4.09. The van der Waals surface area contributed by atoms with Gasteiger partial charge in [-0.1, -0.05) is 6.92 Å². The molecule has 0 amide bonds. The number of hydrogen-bond donors (Lipinski definition) is 2. The molecule has 2 N–H and O–H groups in total. The van der Waals surface area contributed by atoms with E-state index >= 15 is 0 Å². The highest BCUT2D eigenvalue weighted by atomic mass is 35.5. The van der Waals surface area contributed by atoms with Crippen molar-refractivity contribution in [1.82, 2.24) is 10.0 Å². The van der Waals surface area contributed by atoms with Crippen molar-refractivity contribution in [2.45, 2.75) is 37.9 Å². The van der Waals surface area contributed by atoms with Crippen molar-refractivity contribution in [2.75, 3.05) is 32.8 Å². The van der Waals surface area contributed by atoms with Crippen LogP contribution in [0.4, 0.5) is 0 Å². The topological polar surface area (TPSA) is 67.4 Å². The van der Waals surface area contributed by atoms with Crippen LogP contribution < -0.4 is 10.0 Å². The van der Waals surface area contributed by atoms with Crippen LogP contribution in [0, 0.1) is 5.41 Å². The molecule has 2 aliphatic rings. The maximum atomic E-state index is 12.2. The monoisotopic (exact) mass is 312 g/mol. The highest BCUT2D eigenvalue weighted by Crippen LogP contribution is 2.27. The zero-order valence-electron chi connectivity index (χ0n) is 11.5. The van der Waals surface area contributed by atoms with Gasteiger partial charge in [-0.3, -0.25) is 0 Å². The number of piperidine rings is 1. The average molecular weight is 313 g/mol. The summed E-state index contributed by atoms with van der Waals surface area (Å²) in [6, 6.07) is 0. The minimum Gasteiger partial charge on any atom is -0.380 e. The minimum atomic E-state index is -3.22. The molecule has 2 rings (SSSR count). The molecule has 0 aromatic rings. The number of ether oxygens (including phenoxy) is 1. The van der Waals surface area contributed by atoms with Crippen molar-refractivity contribution in [3.05, 3.63) is 0 Å². The van der Waals surface area contributed by atoms with Crippen molar-refractivity contribution in [3.63, 3.8) is 0 Å². The highest BCUT2D eigenvalue weighted by molar-refractivity contribution is 7.90. The maximum Gasteiger partial charge on any atom is 0.216 e. The third-order valence-corrected chi connectivity index (χ3v) is 5.86. The molecule has 1 unspecified atom stereocenters. The molecular weight excluding hydrogens is 288 g/mol. The number of nitrogens with one attached hydrogen (secondary N) is 2. The number of sulfonamides is 1. The van der Waals surface area contributed by atoms with Gasteiger partial charge in [0.2, 0.25) is 10.0 Å². The standard InChI is InChI=1S/C12H24N2O3S.ClH/c1-12(4-6-13-7-5-12)10-14-18(15,16)11-3-2-8-17-9-11;/h11,13-14H,2-10H2,1H3;1H. The molecule has 1 atom stereocenters. The Bertz CT molecular complexity index is 363. The number of rotatable bonds is 4. The molecular formula is C12H25ClN2O3S. The van der Waals surface area contributed by atoms with Crippen molar-refractivity contribution in [2.24, 2.45) is 5.41 Å². The quantitative estimate of drug-likeness (QED) is 0.809. The van der Waals surface area contributed by atoms with Crippen LogP contribution in [0.25, 0.3) is 0 Å². The van der Waals surface area contributed by atoms with E-state index in [4.69, 9.17) is 4.74 Å². The first kappa shape index (κ1) is 17.2. The van der Waals surface area contributed by atoms with E-state index < -0.39 is 10.0 Å². The van der Waals surface area contributed by atoms with Crippen LogP contribution in [0.3, 0.4) is 0 Å². The van der Waals surface area contributed by atoms with Gasteiger partial charge in [-0.15, -0.1) is 12.4 Å². The summed E-state index contributed by atoms with van der Waals surface area (Å²) in [5.41, 5.74) is 0.0911. The zero-order valence-corrected chi connectivity index (χ0v) is 13.1. The van der Waals surface area contributed by atoms with E-state index in [0.29, 0.717) is 26.2 Å². The normalized spacial score (nSPS) is 27.5. The summed E-state index contributed by atoms with van der Waals surface area (Å²) in [6.45, 7) is 5.69. The van der Waals surface area contributed by atoms with Crippen LogP contribution in [0.1, 0.15) is 32.6 Å². The minimum absolute atomic E-state index is 0. The Morgan fingerprint density at radius 2 is 2.05 bits per heavy atom. The van der Waals surface area contributed by atoms with Crippen LogP contribution in [0.2, 0.25) is 0 Å². The Labute approximate surface area is 122 Å². The molecule has 19 heavy (non-hydrogen) atoms. The second-order valence-corrected chi connectivity index (χ2v) is 7.81. The largest absolute Gasteiger partial charge is 0.380 e. The predicted octanol–water partition coefficient (Wildman–Crippen LogP) is 0.896. The molecule has 0 aromatic carbocycles. The Kier molecular flexibility index (Phi) is 6.53. The van der Waals surface area contributed by atoms with Crippen molar-refractivity contribution >= 4 is 22.4 Å². The lowest BCUT2D eigenvalue weighted by Gasteiger charge is -2.34. The van der Waals surface area contributed by atoms with Gasteiger partial charge in [-0.2, -0.15) is 0 Å². The molecule has 0 radical (unpaired) electrons. The van der Waals surface area contributed by atoms with Crippen LogP contribution in [-0.4, -0.2) is 46.5 Å². The molecule has 0 saturated carbocycles. The molecule has 0 spiro atoms. The lowest BCUT2D eigenvalue weighted by molar-refractivity contribution is 0.0986. The molecule has 2 heterocycles. The van der Waals surface area contributed by atoms with E-state index in [9.17, 15) is 8.42 Å². The highest BCUT2D eigenvalue weighted by Gasteiger charge is 2.32. The Balaban J connectivity index is 0.00000180. The summed E-state index contributed by atoms with van der Waals surface area (Å²) in [6.07, 6.45) is 3.60. The summed E-state index contributed by atoms with van der Waals surface area (Å²) in [4.78, 5) is 0.